The Kier molecular flexibility index (Phi) is 5.12. The van der Waals surface area contributed by atoms with Crippen molar-refractivity contribution < 1.29 is 8.42 Å². The van der Waals surface area contributed by atoms with Crippen molar-refractivity contribution in [1.82, 2.24) is 4.98 Å². The highest BCUT2D eigenvalue weighted by Gasteiger charge is 2.07. The van der Waals surface area contributed by atoms with Gasteiger partial charge in [-0.05, 0) is 31.2 Å². The maximum atomic E-state index is 10.7. The van der Waals surface area contributed by atoms with E-state index in [0.717, 1.165) is 5.56 Å². The van der Waals surface area contributed by atoms with E-state index < -0.39 is 9.05 Å². The van der Waals surface area contributed by atoms with Crippen LogP contribution in [0.25, 0.3) is 0 Å². The summed E-state index contributed by atoms with van der Waals surface area (Å²) in [6, 6.07) is 12.1. The Hall–Kier alpha value is -1.39. The molecule has 90 valence electrons. The van der Waals surface area contributed by atoms with E-state index in [9.17, 15) is 8.42 Å². The molecule has 0 saturated heterocycles. The van der Waals surface area contributed by atoms with Gasteiger partial charge in [-0.3, -0.25) is 4.98 Å². The van der Waals surface area contributed by atoms with E-state index in [2.05, 4.69) is 4.98 Å². The highest BCUT2D eigenvalue weighted by Crippen LogP contribution is 2.14. The van der Waals surface area contributed by atoms with E-state index in [1.807, 2.05) is 25.1 Å². The van der Waals surface area contributed by atoms with Gasteiger partial charge in [-0.2, -0.15) is 0 Å². The molecule has 0 aliphatic carbocycles. The maximum Gasteiger partial charge on any atom is 0.261 e. The first-order valence-corrected chi connectivity index (χ1v) is 7.17. The van der Waals surface area contributed by atoms with Gasteiger partial charge in [0, 0.05) is 23.1 Å². The highest BCUT2D eigenvalue weighted by atomic mass is 35.7. The topological polar surface area (TPSA) is 47.0 Å². The molecule has 1 heterocycles. The lowest BCUT2D eigenvalue weighted by molar-refractivity contribution is 0.609. The van der Waals surface area contributed by atoms with E-state index in [0.29, 0.717) is 0 Å². The van der Waals surface area contributed by atoms with Crippen molar-refractivity contribution in [1.29, 1.82) is 0 Å². The first kappa shape index (κ1) is 13.7. The summed E-state index contributed by atoms with van der Waals surface area (Å²) in [6.07, 6.45) is 3.50. The zero-order valence-corrected chi connectivity index (χ0v) is 10.8. The zero-order chi connectivity index (χ0) is 12.7. The third-order valence-corrected chi connectivity index (χ3v) is 3.24. The van der Waals surface area contributed by atoms with Gasteiger partial charge >= 0.3 is 0 Å². The quantitative estimate of drug-likeness (QED) is 0.748. The van der Waals surface area contributed by atoms with Gasteiger partial charge in [0.2, 0.25) is 0 Å². The molecule has 0 atom stereocenters. The van der Waals surface area contributed by atoms with Crippen LogP contribution in [0.15, 0.2) is 59.8 Å². The Bertz CT molecular complexity index is 512. The predicted octanol–water partition coefficient (Wildman–Crippen LogP) is 3.00. The van der Waals surface area contributed by atoms with Gasteiger partial charge in [0.25, 0.3) is 9.05 Å². The summed E-state index contributed by atoms with van der Waals surface area (Å²) in [6.45, 7) is 1.88. The van der Waals surface area contributed by atoms with Gasteiger partial charge in [0.05, 0.1) is 4.90 Å². The number of pyridine rings is 1. The van der Waals surface area contributed by atoms with Gasteiger partial charge in [-0.1, -0.05) is 23.8 Å². The van der Waals surface area contributed by atoms with Crippen LogP contribution in [0.1, 0.15) is 5.56 Å². The largest absolute Gasteiger partial charge is 0.265 e. The molecule has 3 nitrogen and oxygen atoms in total. The molecule has 0 bridgehead atoms. The first-order valence-electron chi connectivity index (χ1n) is 4.86. The minimum absolute atomic E-state index is 0.143. The molecule has 0 fully saturated rings. The minimum atomic E-state index is -3.55. The zero-order valence-electron chi connectivity index (χ0n) is 9.25. The third kappa shape index (κ3) is 5.47. The van der Waals surface area contributed by atoms with E-state index >= 15 is 0 Å². The molecular formula is C12H12ClNO2S. The molecule has 0 radical (unpaired) electrons. The van der Waals surface area contributed by atoms with Crippen molar-refractivity contribution in [3.63, 3.8) is 0 Å². The summed E-state index contributed by atoms with van der Waals surface area (Å²) < 4.78 is 21.4. The molecule has 0 amide bonds. The lowest BCUT2D eigenvalue weighted by Crippen LogP contribution is -1.89. The van der Waals surface area contributed by atoms with Crippen LogP contribution in [0.5, 0.6) is 0 Å². The molecule has 5 heteroatoms. The molecule has 0 unspecified atom stereocenters. The van der Waals surface area contributed by atoms with Crippen LogP contribution in [0.2, 0.25) is 0 Å². The van der Waals surface area contributed by atoms with Crippen LogP contribution in [0.4, 0.5) is 0 Å². The van der Waals surface area contributed by atoms with Crippen LogP contribution in [0, 0.1) is 6.92 Å². The SMILES string of the molecule is Cc1ccc(S(=O)(=O)Cl)cc1.c1ccncc1. The Labute approximate surface area is 106 Å². The van der Waals surface area contributed by atoms with Crippen molar-refractivity contribution in [3.05, 3.63) is 60.4 Å². The van der Waals surface area contributed by atoms with Gasteiger partial charge in [-0.15, -0.1) is 0 Å². The third-order valence-electron chi connectivity index (χ3n) is 1.87. The Balaban J connectivity index is 0.000000202. The highest BCUT2D eigenvalue weighted by molar-refractivity contribution is 8.13. The average molecular weight is 270 g/mol. The number of benzene rings is 1. The smallest absolute Gasteiger partial charge is 0.261 e. The van der Waals surface area contributed by atoms with Gasteiger partial charge in [-0.25, -0.2) is 8.42 Å². The number of aryl methyl sites for hydroxylation is 1. The predicted molar refractivity (Wildman–Crippen MR) is 68.5 cm³/mol. The van der Waals surface area contributed by atoms with Crippen LogP contribution in [-0.4, -0.2) is 13.4 Å². The summed E-state index contributed by atoms with van der Waals surface area (Å²) in [5, 5.41) is 0. The lowest BCUT2D eigenvalue weighted by atomic mass is 10.2. The number of rotatable bonds is 1. The van der Waals surface area contributed by atoms with E-state index in [1.165, 1.54) is 12.1 Å². The molecule has 0 aliphatic heterocycles. The van der Waals surface area contributed by atoms with Gasteiger partial charge in [0.15, 0.2) is 0 Å². The number of halogens is 1. The normalized spacial score (nSPS) is 10.2. The van der Waals surface area contributed by atoms with Crippen LogP contribution < -0.4 is 0 Å². The monoisotopic (exact) mass is 269 g/mol. The fraction of sp³-hybridized carbons (Fsp3) is 0.0833. The van der Waals surface area contributed by atoms with Gasteiger partial charge < -0.3 is 0 Å². The molecule has 0 saturated carbocycles. The van der Waals surface area contributed by atoms with Crippen LogP contribution >= 0.6 is 10.7 Å². The number of hydrogen-bond acceptors (Lipinski definition) is 3. The Morgan fingerprint density at radius 3 is 1.82 bits per heavy atom. The number of hydrogen-bond donors (Lipinski definition) is 0. The molecular weight excluding hydrogens is 258 g/mol. The fourth-order valence-electron chi connectivity index (χ4n) is 1.01. The molecule has 1 aromatic heterocycles. The van der Waals surface area contributed by atoms with Crippen molar-refractivity contribution in [2.45, 2.75) is 11.8 Å². The van der Waals surface area contributed by atoms with Crippen molar-refractivity contribution >= 4 is 19.7 Å². The van der Waals surface area contributed by atoms with Crippen LogP contribution in [0.3, 0.4) is 0 Å². The second-order valence-corrected chi connectivity index (χ2v) is 5.84. The maximum absolute atomic E-state index is 10.7. The molecule has 2 aromatic rings. The molecule has 0 N–H and O–H groups in total. The fourth-order valence-corrected chi connectivity index (χ4v) is 1.78. The standard InChI is InChI=1S/C7H7ClO2S.C5H5N/c1-6-2-4-7(5-3-6)11(8,9)10;1-2-4-6-5-3-1/h2-5H,1H3;1-5H. The summed E-state index contributed by atoms with van der Waals surface area (Å²) >= 11 is 0. The van der Waals surface area contributed by atoms with Crippen LogP contribution in [-0.2, 0) is 9.05 Å². The van der Waals surface area contributed by atoms with E-state index in [-0.39, 0.29) is 4.90 Å². The molecule has 2 rings (SSSR count). The first-order chi connectivity index (χ1) is 8.00. The van der Waals surface area contributed by atoms with E-state index in [4.69, 9.17) is 10.7 Å². The van der Waals surface area contributed by atoms with Crippen molar-refractivity contribution in [2.24, 2.45) is 0 Å². The Morgan fingerprint density at radius 1 is 1.00 bits per heavy atom. The van der Waals surface area contributed by atoms with Crippen molar-refractivity contribution in [3.8, 4) is 0 Å². The molecule has 1 aromatic carbocycles. The number of nitrogens with zero attached hydrogens (tertiary/aromatic N) is 1. The lowest BCUT2D eigenvalue weighted by Gasteiger charge is -1.94. The van der Waals surface area contributed by atoms with E-state index in [1.54, 1.807) is 24.5 Å². The average Bonchev–Trinajstić information content (AvgIpc) is 2.31. The van der Waals surface area contributed by atoms with Gasteiger partial charge in [0.1, 0.15) is 0 Å². The minimum Gasteiger partial charge on any atom is -0.265 e. The second kappa shape index (κ2) is 6.37. The summed E-state index contributed by atoms with van der Waals surface area (Å²) in [7, 11) is 1.54. The number of aromatic nitrogens is 1. The van der Waals surface area contributed by atoms with Crippen molar-refractivity contribution in [2.75, 3.05) is 0 Å². The molecule has 17 heavy (non-hydrogen) atoms. The Morgan fingerprint density at radius 2 is 1.53 bits per heavy atom. The molecule has 0 aliphatic rings. The summed E-state index contributed by atoms with van der Waals surface area (Å²) in [5.41, 5.74) is 1.01. The molecule has 0 spiro atoms. The summed E-state index contributed by atoms with van der Waals surface area (Å²) in [4.78, 5) is 3.93. The summed E-state index contributed by atoms with van der Waals surface area (Å²) in [5.74, 6) is 0. The second-order valence-electron chi connectivity index (χ2n) is 3.28.